The molecule has 0 radical (unpaired) electrons. The minimum atomic E-state index is -4.12. The maximum atomic E-state index is 13.7. The zero-order valence-electron chi connectivity index (χ0n) is 24.2. The van der Waals surface area contributed by atoms with Crippen LogP contribution in [0.15, 0.2) is 106 Å². The molecule has 0 aliphatic carbocycles. The topological polar surface area (TPSA) is 122 Å². The van der Waals surface area contributed by atoms with Crippen LogP contribution in [0.5, 0.6) is 5.75 Å². The summed E-state index contributed by atoms with van der Waals surface area (Å²) in [6.07, 6.45) is 1.89. The van der Waals surface area contributed by atoms with Crippen LogP contribution in [0, 0.1) is 13.8 Å². The Hall–Kier alpha value is -4.00. The first kappa shape index (κ1) is 31.9. The van der Waals surface area contributed by atoms with Gasteiger partial charge < -0.3 is 10.1 Å². The number of hydrogen-bond donors (Lipinski definition) is 2. The smallest absolute Gasteiger partial charge is 0.264 e. The quantitative estimate of drug-likeness (QED) is 0.181. The van der Waals surface area contributed by atoms with Gasteiger partial charge in [-0.1, -0.05) is 12.1 Å². The number of rotatable bonds is 12. The van der Waals surface area contributed by atoms with Crippen molar-refractivity contribution in [1.29, 1.82) is 0 Å². The average molecular weight is 640 g/mol. The molecule has 0 unspecified atom stereocenters. The first-order chi connectivity index (χ1) is 20.4. The Balaban J connectivity index is 1.54. The van der Waals surface area contributed by atoms with E-state index < -0.39 is 32.5 Å². The second-order valence-corrected chi connectivity index (χ2v) is 14.0. The molecule has 4 aromatic carbocycles. The van der Waals surface area contributed by atoms with Crippen LogP contribution in [0.25, 0.3) is 0 Å². The van der Waals surface area contributed by atoms with E-state index in [-0.39, 0.29) is 15.5 Å². The molecule has 0 aliphatic heterocycles. The lowest BCUT2D eigenvalue weighted by Crippen LogP contribution is -2.38. The summed E-state index contributed by atoms with van der Waals surface area (Å²) in [7, 11) is -8.00. The lowest BCUT2D eigenvalue weighted by molar-refractivity contribution is -0.114. The van der Waals surface area contributed by atoms with Crippen molar-refractivity contribution in [2.24, 2.45) is 0 Å². The number of aryl methyl sites for hydroxylation is 2. The SMILES string of the molecule is CCOc1ccc(N(CC(=O)Nc2ccc(S(=O)(=O)Nc3cc(C)ccc3C)cc2)S(=O)(=O)c2ccc(SC)cc2)cc1. The molecule has 9 nitrogen and oxygen atoms in total. The molecule has 0 spiro atoms. The fourth-order valence-electron chi connectivity index (χ4n) is 4.16. The molecule has 1 amide bonds. The van der Waals surface area contributed by atoms with Crippen LogP contribution in [0.2, 0.25) is 0 Å². The van der Waals surface area contributed by atoms with Gasteiger partial charge in [-0.25, -0.2) is 16.8 Å². The number of nitrogens with one attached hydrogen (secondary N) is 2. The van der Waals surface area contributed by atoms with Crippen molar-refractivity contribution in [2.45, 2.75) is 35.5 Å². The summed E-state index contributed by atoms with van der Waals surface area (Å²) in [5, 5.41) is 2.67. The molecular formula is C31H33N3O6S3. The number of benzene rings is 4. The van der Waals surface area contributed by atoms with Gasteiger partial charge in [0.2, 0.25) is 5.91 Å². The lowest BCUT2D eigenvalue weighted by atomic mass is 10.1. The van der Waals surface area contributed by atoms with Crippen molar-refractivity contribution < 1.29 is 26.4 Å². The Morgan fingerprint density at radius 3 is 2.07 bits per heavy atom. The predicted octanol–water partition coefficient (Wildman–Crippen LogP) is 6.06. The molecule has 0 heterocycles. The highest BCUT2D eigenvalue weighted by atomic mass is 32.2. The molecule has 2 N–H and O–H groups in total. The Bertz CT molecular complexity index is 1790. The molecule has 0 saturated carbocycles. The van der Waals surface area contributed by atoms with Gasteiger partial charge in [0.1, 0.15) is 12.3 Å². The normalized spacial score (nSPS) is 11.5. The number of ether oxygens (including phenoxy) is 1. The number of sulfonamides is 2. The van der Waals surface area contributed by atoms with Gasteiger partial charge in [0, 0.05) is 10.6 Å². The van der Waals surface area contributed by atoms with Crippen LogP contribution in [0.1, 0.15) is 18.1 Å². The predicted molar refractivity (Wildman–Crippen MR) is 172 cm³/mol. The van der Waals surface area contributed by atoms with Crippen LogP contribution in [-0.4, -0.2) is 42.2 Å². The van der Waals surface area contributed by atoms with Crippen molar-refractivity contribution in [1.82, 2.24) is 0 Å². The molecule has 0 fully saturated rings. The van der Waals surface area contributed by atoms with Crippen LogP contribution >= 0.6 is 11.8 Å². The van der Waals surface area contributed by atoms with E-state index >= 15 is 0 Å². The summed E-state index contributed by atoms with van der Waals surface area (Å²) in [4.78, 5) is 14.1. The van der Waals surface area contributed by atoms with Crippen LogP contribution in [0.4, 0.5) is 17.1 Å². The summed E-state index contributed by atoms with van der Waals surface area (Å²) < 4.78 is 62.5. The minimum absolute atomic E-state index is 0.0127. The highest BCUT2D eigenvalue weighted by Crippen LogP contribution is 2.28. The van der Waals surface area contributed by atoms with E-state index in [1.807, 2.05) is 39.2 Å². The number of amides is 1. The lowest BCUT2D eigenvalue weighted by Gasteiger charge is -2.24. The third-order valence-corrected chi connectivity index (χ3v) is 10.4. The van der Waals surface area contributed by atoms with Gasteiger partial charge in [-0.2, -0.15) is 0 Å². The van der Waals surface area contributed by atoms with Crippen LogP contribution in [-0.2, 0) is 24.8 Å². The molecule has 0 aliphatic rings. The highest BCUT2D eigenvalue weighted by Gasteiger charge is 2.27. The van der Waals surface area contributed by atoms with Crippen molar-refractivity contribution in [3.63, 3.8) is 0 Å². The zero-order valence-corrected chi connectivity index (χ0v) is 26.6. The van der Waals surface area contributed by atoms with Gasteiger partial charge in [0.05, 0.1) is 27.8 Å². The van der Waals surface area contributed by atoms with Crippen molar-refractivity contribution in [3.8, 4) is 5.75 Å². The first-order valence-electron chi connectivity index (χ1n) is 13.3. The van der Waals surface area contributed by atoms with Gasteiger partial charge in [-0.15, -0.1) is 11.8 Å². The van der Waals surface area contributed by atoms with Gasteiger partial charge in [0.25, 0.3) is 20.0 Å². The molecular weight excluding hydrogens is 607 g/mol. The second-order valence-electron chi connectivity index (χ2n) is 9.61. The maximum Gasteiger partial charge on any atom is 0.264 e. The fourth-order valence-corrected chi connectivity index (χ4v) is 7.11. The van der Waals surface area contributed by atoms with E-state index in [4.69, 9.17) is 4.74 Å². The van der Waals surface area contributed by atoms with Gasteiger partial charge >= 0.3 is 0 Å². The number of carbonyl (C=O) groups is 1. The summed E-state index contributed by atoms with van der Waals surface area (Å²) in [5.74, 6) is -0.0400. The van der Waals surface area contributed by atoms with Gasteiger partial charge in [-0.05, 0) is 117 Å². The molecule has 0 bridgehead atoms. The molecule has 43 heavy (non-hydrogen) atoms. The Morgan fingerprint density at radius 2 is 1.47 bits per heavy atom. The van der Waals surface area contributed by atoms with E-state index in [1.54, 1.807) is 42.5 Å². The molecule has 12 heteroatoms. The summed E-state index contributed by atoms with van der Waals surface area (Å²) in [6, 6.07) is 24.0. The number of carbonyl (C=O) groups excluding carboxylic acids is 1. The third-order valence-electron chi connectivity index (χ3n) is 6.46. The van der Waals surface area contributed by atoms with Gasteiger partial charge in [0.15, 0.2) is 0 Å². The van der Waals surface area contributed by atoms with Crippen molar-refractivity contribution in [2.75, 3.05) is 33.8 Å². The van der Waals surface area contributed by atoms with E-state index in [0.29, 0.717) is 23.7 Å². The van der Waals surface area contributed by atoms with E-state index in [2.05, 4.69) is 10.0 Å². The maximum absolute atomic E-state index is 13.7. The summed E-state index contributed by atoms with van der Waals surface area (Å²) in [6.45, 7) is 5.46. The monoisotopic (exact) mass is 639 g/mol. The van der Waals surface area contributed by atoms with E-state index in [9.17, 15) is 21.6 Å². The molecule has 4 aromatic rings. The summed E-state index contributed by atoms with van der Waals surface area (Å²) >= 11 is 1.49. The standard InChI is InChI=1S/C31H33N3O6S3/c1-5-40-26-12-10-25(11-13-26)34(43(38,39)29-18-14-27(41-4)15-19-29)21-31(35)32-24-8-16-28(17-9-24)42(36,37)33-30-20-22(2)6-7-23(30)3/h6-20,33H,5,21H2,1-4H3,(H,32,35). The number of thioether (sulfide) groups is 1. The highest BCUT2D eigenvalue weighted by molar-refractivity contribution is 7.98. The van der Waals surface area contributed by atoms with Gasteiger partial charge in [-0.3, -0.25) is 13.8 Å². The van der Waals surface area contributed by atoms with Crippen molar-refractivity contribution in [3.05, 3.63) is 102 Å². The Morgan fingerprint density at radius 1 is 0.837 bits per heavy atom. The van der Waals surface area contributed by atoms with Crippen molar-refractivity contribution >= 4 is 54.8 Å². The Labute approximate surface area is 257 Å². The zero-order chi connectivity index (χ0) is 31.2. The molecule has 0 aromatic heterocycles. The average Bonchev–Trinajstić information content (AvgIpc) is 2.98. The fraction of sp³-hybridized carbons (Fsp3) is 0.194. The largest absolute Gasteiger partial charge is 0.494 e. The third kappa shape index (κ3) is 7.89. The second kappa shape index (κ2) is 13.5. The Kier molecular flexibility index (Phi) is 10.0. The number of anilines is 3. The van der Waals surface area contributed by atoms with E-state index in [1.165, 1.54) is 48.2 Å². The summed E-state index contributed by atoms with van der Waals surface area (Å²) in [5.41, 5.74) is 2.77. The van der Waals surface area contributed by atoms with Crippen LogP contribution < -0.4 is 19.1 Å². The molecule has 0 atom stereocenters. The van der Waals surface area contributed by atoms with E-state index in [0.717, 1.165) is 20.3 Å². The number of nitrogens with zero attached hydrogens (tertiary/aromatic N) is 1. The molecule has 0 saturated heterocycles. The first-order valence-corrected chi connectivity index (χ1v) is 17.5. The van der Waals surface area contributed by atoms with Crippen LogP contribution in [0.3, 0.4) is 0 Å². The minimum Gasteiger partial charge on any atom is -0.494 e. The molecule has 226 valence electrons. The molecule has 4 rings (SSSR count). The number of hydrogen-bond acceptors (Lipinski definition) is 7.